The number of hydrogen-bond donors (Lipinski definition) is 1. The zero-order valence-corrected chi connectivity index (χ0v) is 10.9. The lowest BCUT2D eigenvalue weighted by Crippen LogP contribution is -2.41. The van der Waals surface area contributed by atoms with Crippen molar-refractivity contribution in [2.75, 3.05) is 21.2 Å². The molecule has 0 saturated carbocycles. The van der Waals surface area contributed by atoms with E-state index in [1.54, 1.807) is 14.2 Å². The third-order valence-corrected chi connectivity index (χ3v) is 2.85. The van der Waals surface area contributed by atoms with E-state index < -0.39 is 0 Å². The maximum absolute atomic E-state index is 11.5. The highest BCUT2D eigenvalue weighted by atomic mass is 16.5. The number of benzene rings is 1. The highest BCUT2D eigenvalue weighted by Gasteiger charge is 2.16. The molecule has 0 aliphatic rings. The van der Waals surface area contributed by atoms with Crippen molar-refractivity contribution in [1.82, 2.24) is 10.2 Å². The molecule has 0 aliphatic heterocycles. The van der Waals surface area contributed by atoms with E-state index in [1.165, 1.54) is 0 Å². The van der Waals surface area contributed by atoms with Crippen molar-refractivity contribution in [2.24, 2.45) is 0 Å². The number of nitrogens with zero attached hydrogens (tertiary/aromatic N) is 1. The van der Waals surface area contributed by atoms with Crippen LogP contribution in [0.5, 0.6) is 5.75 Å². The fourth-order valence-corrected chi connectivity index (χ4v) is 1.60. The Bertz CT molecular complexity index is 379. The van der Waals surface area contributed by atoms with E-state index in [2.05, 4.69) is 5.32 Å². The van der Waals surface area contributed by atoms with Gasteiger partial charge in [0.05, 0.1) is 13.2 Å². The van der Waals surface area contributed by atoms with Gasteiger partial charge in [-0.3, -0.25) is 9.69 Å². The van der Waals surface area contributed by atoms with Crippen LogP contribution >= 0.6 is 0 Å². The molecule has 17 heavy (non-hydrogen) atoms. The van der Waals surface area contributed by atoms with Gasteiger partial charge in [0, 0.05) is 13.6 Å². The van der Waals surface area contributed by atoms with Gasteiger partial charge in [-0.05, 0) is 31.7 Å². The summed E-state index contributed by atoms with van der Waals surface area (Å²) in [6, 6.07) is 7.71. The van der Waals surface area contributed by atoms with Gasteiger partial charge in [0.25, 0.3) is 0 Å². The zero-order chi connectivity index (χ0) is 12.8. The van der Waals surface area contributed by atoms with Crippen LogP contribution in [0.4, 0.5) is 0 Å². The summed E-state index contributed by atoms with van der Waals surface area (Å²) in [5.74, 6) is 0.860. The average Bonchev–Trinajstić information content (AvgIpc) is 2.37. The number of carbonyl (C=O) groups excluding carboxylic acids is 1. The molecule has 94 valence electrons. The van der Waals surface area contributed by atoms with E-state index >= 15 is 0 Å². The molecule has 0 aromatic heterocycles. The molecule has 1 N–H and O–H groups in total. The molecular weight excluding hydrogens is 216 g/mol. The van der Waals surface area contributed by atoms with E-state index in [0.29, 0.717) is 6.54 Å². The maximum Gasteiger partial charge on any atom is 0.236 e. The Balaban J connectivity index is 2.66. The molecule has 0 radical (unpaired) electrons. The second kappa shape index (κ2) is 6.25. The molecule has 0 aliphatic carbocycles. The molecule has 0 heterocycles. The van der Waals surface area contributed by atoms with Crippen LogP contribution in [0.25, 0.3) is 0 Å². The number of ether oxygens (including phenoxy) is 1. The van der Waals surface area contributed by atoms with Crippen molar-refractivity contribution in [3.8, 4) is 5.75 Å². The molecule has 0 unspecified atom stereocenters. The van der Waals surface area contributed by atoms with E-state index in [0.717, 1.165) is 11.3 Å². The lowest BCUT2D eigenvalue weighted by Gasteiger charge is -2.23. The molecule has 1 rings (SSSR count). The first kappa shape index (κ1) is 13.5. The van der Waals surface area contributed by atoms with Gasteiger partial charge >= 0.3 is 0 Å². The molecule has 0 fully saturated rings. The Labute approximate surface area is 103 Å². The summed E-state index contributed by atoms with van der Waals surface area (Å²) in [5.41, 5.74) is 1.13. The highest BCUT2D eigenvalue weighted by molar-refractivity contribution is 5.80. The molecule has 0 bridgehead atoms. The predicted octanol–water partition coefficient (Wildman–Crippen LogP) is 1.26. The fraction of sp³-hybridized carbons (Fsp3) is 0.462. The molecular formula is C13H20N2O2. The molecule has 4 heteroatoms. The van der Waals surface area contributed by atoms with Crippen LogP contribution in [-0.2, 0) is 11.3 Å². The highest BCUT2D eigenvalue weighted by Crippen LogP contribution is 2.14. The van der Waals surface area contributed by atoms with Crippen molar-refractivity contribution >= 4 is 5.91 Å². The minimum Gasteiger partial charge on any atom is -0.497 e. The monoisotopic (exact) mass is 236 g/mol. The molecule has 1 aromatic rings. The maximum atomic E-state index is 11.5. The quantitative estimate of drug-likeness (QED) is 0.837. The molecule has 1 atom stereocenters. The summed E-state index contributed by atoms with van der Waals surface area (Å²) >= 11 is 0. The van der Waals surface area contributed by atoms with Crippen molar-refractivity contribution in [1.29, 1.82) is 0 Å². The van der Waals surface area contributed by atoms with Crippen LogP contribution in [0.2, 0.25) is 0 Å². The van der Waals surface area contributed by atoms with Crippen LogP contribution < -0.4 is 10.1 Å². The molecule has 4 nitrogen and oxygen atoms in total. The Morgan fingerprint density at radius 3 is 2.82 bits per heavy atom. The number of carbonyl (C=O) groups is 1. The van der Waals surface area contributed by atoms with Crippen molar-refractivity contribution in [3.05, 3.63) is 29.8 Å². The van der Waals surface area contributed by atoms with Crippen molar-refractivity contribution < 1.29 is 9.53 Å². The summed E-state index contributed by atoms with van der Waals surface area (Å²) in [4.78, 5) is 13.5. The summed E-state index contributed by atoms with van der Waals surface area (Å²) in [7, 11) is 5.23. The number of hydrogen-bond acceptors (Lipinski definition) is 3. The Kier molecular flexibility index (Phi) is 4.97. The van der Waals surface area contributed by atoms with Crippen molar-refractivity contribution in [3.63, 3.8) is 0 Å². The summed E-state index contributed by atoms with van der Waals surface area (Å²) in [6.45, 7) is 2.60. The van der Waals surface area contributed by atoms with Gasteiger partial charge < -0.3 is 10.1 Å². The Morgan fingerprint density at radius 1 is 1.53 bits per heavy atom. The second-order valence-corrected chi connectivity index (χ2v) is 4.06. The number of likely N-dealkylation sites (N-methyl/N-ethyl adjacent to an activating group) is 2. The number of rotatable bonds is 5. The van der Waals surface area contributed by atoms with Gasteiger partial charge in [-0.25, -0.2) is 0 Å². The Hall–Kier alpha value is -1.55. The zero-order valence-electron chi connectivity index (χ0n) is 10.9. The number of methoxy groups -OCH3 is 1. The van der Waals surface area contributed by atoms with Crippen LogP contribution in [0.1, 0.15) is 12.5 Å². The minimum absolute atomic E-state index is 0.0235. The topological polar surface area (TPSA) is 41.6 Å². The van der Waals surface area contributed by atoms with E-state index in [1.807, 2.05) is 43.1 Å². The SMILES string of the molecule is CNC(=O)[C@@H](C)N(C)Cc1cccc(OC)c1. The molecule has 0 saturated heterocycles. The third-order valence-electron chi connectivity index (χ3n) is 2.85. The summed E-state index contributed by atoms with van der Waals surface area (Å²) < 4.78 is 5.17. The fourth-order valence-electron chi connectivity index (χ4n) is 1.60. The lowest BCUT2D eigenvalue weighted by atomic mass is 10.2. The van der Waals surface area contributed by atoms with E-state index in [9.17, 15) is 4.79 Å². The predicted molar refractivity (Wildman–Crippen MR) is 68.0 cm³/mol. The third kappa shape index (κ3) is 3.75. The van der Waals surface area contributed by atoms with Gasteiger partial charge in [-0.15, -0.1) is 0 Å². The van der Waals surface area contributed by atoms with E-state index in [4.69, 9.17) is 4.74 Å². The van der Waals surface area contributed by atoms with Crippen LogP contribution in [0, 0.1) is 0 Å². The van der Waals surface area contributed by atoms with Gasteiger partial charge in [-0.1, -0.05) is 12.1 Å². The Morgan fingerprint density at radius 2 is 2.24 bits per heavy atom. The van der Waals surface area contributed by atoms with Crippen molar-refractivity contribution in [2.45, 2.75) is 19.5 Å². The van der Waals surface area contributed by atoms with Gasteiger partial charge in [0.1, 0.15) is 5.75 Å². The summed E-state index contributed by atoms with van der Waals surface area (Å²) in [6.07, 6.45) is 0. The van der Waals surface area contributed by atoms with Crippen LogP contribution in [0.15, 0.2) is 24.3 Å². The number of amides is 1. The number of nitrogens with one attached hydrogen (secondary N) is 1. The first-order valence-electron chi connectivity index (χ1n) is 5.63. The van der Waals surface area contributed by atoms with Crippen LogP contribution in [-0.4, -0.2) is 38.1 Å². The molecule has 1 amide bonds. The molecule has 1 aromatic carbocycles. The minimum atomic E-state index is -0.147. The van der Waals surface area contributed by atoms with Gasteiger partial charge in [0.2, 0.25) is 5.91 Å². The lowest BCUT2D eigenvalue weighted by molar-refractivity contribution is -0.125. The van der Waals surface area contributed by atoms with Crippen LogP contribution in [0.3, 0.4) is 0 Å². The van der Waals surface area contributed by atoms with Gasteiger partial charge in [-0.2, -0.15) is 0 Å². The first-order chi connectivity index (χ1) is 8.08. The molecule has 0 spiro atoms. The van der Waals surface area contributed by atoms with Gasteiger partial charge in [0.15, 0.2) is 0 Å². The second-order valence-electron chi connectivity index (χ2n) is 4.06. The average molecular weight is 236 g/mol. The normalized spacial score (nSPS) is 12.3. The first-order valence-corrected chi connectivity index (χ1v) is 5.63. The largest absolute Gasteiger partial charge is 0.497 e. The standard InChI is InChI=1S/C13H20N2O2/c1-10(13(16)14-2)15(3)9-11-6-5-7-12(8-11)17-4/h5-8,10H,9H2,1-4H3,(H,14,16)/t10-/m1/s1. The summed E-state index contributed by atoms with van der Waals surface area (Å²) in [5, 5.41) is 2.65. The van der Waals surface area contributed by atoms with E-state index in [-0.39, 0.29) is 11.9 Å². The smallest absolute Gasteiger partial charge is 0.236 e.